The van der Waals surface area contributed by atoms with Gasteiger partial charge in [-0.1, -0.05) is 6.92 Å². The lowest BCUT2D eigenvalue weighted by molar-refractivity contribution is -0.142. The van der Waals surface area contributed by atoms with Crippen LogP contribution in [0.4, 0.5) is 0 Å². The number of hydrogen-bond acceptors (Lipinski definition) is 4. The van der Waals surface area contributed by atoms with Crippen LogP contribution in [0.25, 0.3) is 0 Å². The van der Waals surface area contributed by atoms with Crippen LogP contribution in [0.3, 0.4) is 0 Å². The highest BCUT2D eigenvalue weighted by Gasteiger charge is 2.75. The van der Waals surface area contributed by atoms with Crippen LogP contribution < -0.4 is 0 Å². The molecule has 4 aliphatic rings. The summed E-state index contributed by atoms with van der Waals surface area (Å²) in [6, 6.07) is 0. The molecule has 5 atom stereocenters. The van der Waals surface area contributed by atoms with E-state index in [1.165, 1.54) is 6.42 Å². The van der Waals surface area contributed by atoms with E-state index in [1.807, 2.05) is 0 Å². The predicted octanol–water partition coefficient (Wildman–Crippen LogP) is 2.09. The maximum atomic E-state index is 11.5. The minimum atomic E-state index is -0.558. The zero-order chi connectivity index (χ0) is 12.7. The highest BCUT2D eigenvalue weighted by atomic mass is 16.6. The van der Waals surface area contributed by atoms with Crippen molar-refractivity contribution in [1.82, 2.24) is 0 Å². The summed E-state index contributed by atoms with van der Waals surface area (Å²) in [5.41, 5.74) is 0.595. The van der Waals surface area contributed by atoms with E-state index in [-0.39, 0.29) is 23.1 Å². The zero-order valence-electron chi connectivity index (χ0n) is 10.7. The molecule has 0 aromatic carbocycles. The maximum absolute atomic E-state index is 11.5. The van der Waals surface area contributed by atoms with Gasteiger partial charge in [-0.3, -0.25) is 0 Å². The number of esters is 1. The third-order valence-electron chi connectivity index (χ3n) is 5.65. The summed E-state index contributed by atoms with van der Waals surface area (Å²) in [6.45, 7) is 4.38. The van der Waals surface area contributed by atoms with E-state index in [1.54, 1.807) is 0 Å². The average molecular weight is 250 g/mol. The molecule has 0 aromatic heterocycles. The number of hydrogen-bond donors (Lipinski definition) is 1. The summed E-state index contributed by atoms with van der Waals surface area (Å²) in [5.74, 6) is 0.284. The second-order valence-electron chi connectivity index (χ2n) is 6.53. The molecular formula is C14H18O4. The van der Waals surface area contributed by atoms with Gasteiger partial charge in [0.15, 0.2) is 0 Å². The van der Waals surface area contributed by atoms with Gasteiger partial charge in [-0.2, -0.15) is 0 Å². The first-order chi connectivity index (χ1) is 8.47. The first-order valence-corrected chi connectivity index (χ1v) is 6.80. The van der Waals surface area contributed by atoms with Crippen LogP contribution in [-0.2, 0) is 14.3 Å². The summed E-state index contributed by atoms with van der Waals surface area (Å²) in [5, 5.41) is 9.89. The molecule has 1 N–H and O–H groups in total. The fraction of sp³-hybridized carbons (Fsp3) is 0.786. The SMILES string of the molecule is C[C@H]1C[C@@H]2OC(=O)C(O)=C2C[C@@]23O[C@]2(C)CC[C@@H]13. The van der Waals surface area contributed by atoms with Crippen LogP contribution in [0.15, 0.2) is 11.3 Å². The lowest BCUT2D eigenvalue weighted by Gasteiger charge is -2.23. The molecule has 2 heterocycles. The van der Waals surface area contributed by atoms with Gasteiger partial charge in [-0.15, -0.1) is 0 Å². The van der Waals surface area contributed by atoms with E-state index in [0.717, 1.165) is 18.4 Å². The highest BCUT2D eigenvalue weighted by Crippen LogP contribution is 2.68. The van der Waals surface area contributed by atoms with Gasteiger partial charge in [0.05, 0.1) is 5.60 Å². The summed E-state index contributed by atoms with van der Waals surface area (Å²) < 4.78 is 11.3. The third-order valence-corrected chi connectivity index (χ3v) is 5.65. The molecule has 4 heteroatoms. The molecule has 4 nitrogen and oxygen atoms in total. The molecule has 0 radical (unpaired) electrons. The standard InChI is InChI=1S/C14H18O4/c1-7-5-10-8(11(15)12(16)17-10)6-14-9(7)3-4-13(14,2)18-14/h7,9-10,15H,3-6H2,1-2H3/t7-,9-,10-,13+,14-/m0/s1. The number of rotatable bonds is 0. The van der Waals surface area contributed by atoms with Crippen LogP contribution >= 0.6 is 0 Å². The average Bonchev–Trinajstić information content (AvgIpc) is 2.72. The zero-order valence-corrected chi connectivity index (χ0v) is 10.7. The van der Waals surface area contributed by atoms with Crippen LogP contribution in [-0.4, -0.2) is 28.4 Å². The summed E-state index contributed by atoms with van der Waals surface area (Å²) in [6.07, 6.45) is 3.54. The van der Waals surface area contributed by atoms with Crippen LogP contribution in [0.1, 0.15) is 39.5 Å². The minimum absolute atomic E-state index is 0.0419. The fourth-order valence-electron chi connectivity index (χ4n) is 4.58. The molecule has 1 saturated heterocycles. The van der Waals surface area contributed by atoms with Crippen LogP contribution in [0.2, 0.25) is 0 Å². The third kappa shape index (κ3) is 1.04. The monoisotopic (exact) mass is 250 g/mol. The van der Waals surface area contributed by atoms with Gasteiger partial charge in [0.1, 0.15) is 11.7 Å². The lowest BCUT2D eigenvalue weighted by atomic mass is 9.80. The Balaban J connectivity index is 1.79. The molecule has 4 rings (SSSR count). The van der Waals surface area contributed by atoms with E-state index >= 15 is 0 Å². The van der Waals surface area contributed by atoms with Gasteiger partial charge < -0.3 is 14.6 Å². The van der Waals surface area contributed by atoms with Crippen molar-refractivity contribution in [3.8, 4) is 0 Å². The topological polar surface area (TPSA) is 59.1 Å². The van der Waals surface area contributed by atoms with E-state index in [0.29, 0.717) is 18.3 Å². The summed E-state index contributed by atoms with van der Waals surface area (Å²) in [4.78, 5) is 11.5. The molecule has 2 aliphatic heterocycles. The molecule has 2 aliphatic carbocycles. The van der Waals surface area contributed by atoms with Crippen molar-refractivity contribution in [2.75, 3.05) is 0 Å². The molecule has 0 unspecified atom stereocenters. The van der Waals surface area contributed by atoms with Crippen molar-refractivity contribution < 1.29 is 19.4 Å². The first kappa shape index (κ1) is 10.9. The Morgan fingerprint density at radius 3 is 2.94 bits per heavy atom. The van der Waals surface area contributed by atoms with Crippen molar-refractivity contribution in [3.05, 3.63) is 11.3 Å². The smallest absolute Gasteiger partial charge is 0.374 e. The fourth-order valence-corrected chi connectivity index (χ4v) is 4.58. The van der Waals surface area contributed by atoms with E-state index in [9.17, 15) is 9.90 Å². The minimum Gasteiger partial charge on any atom is -0.502 e. The predicted molar refractivity (Wildman–Crippen MR) is 62.9 cm³/mol. The number of ether oxygens (including phenoxy) is 2. The van der Waals surface area contributed by atoms with Crippen molar-refractivity contribution in [2.24, 2.45) is 11.8 Å². The number of carbonyl (C=O) groups excluding carboxylic acids is 1. The number of epoxide rings is 1. The van der Waals surface area contributed by atoms with Crippen LogP contribution in [0.5, 0.6) is 0 Å². The Hall–Kier alpha value is -1.03. The van der Waals surface area contributed by atoms with Crippen molar-refractivity contribution >= 4 is 5.97 Å². The van der Waals surface area contributed by atoms with E-state index in [4.69, 9.17) is 9.47 Å². The van der Waals surface area contributed by atoms with E-state index in [2.05, 4.69) is 13.8 Å². The number of fused-ring (bicyclic) bond motifs is 1. The molecular weight excluding hydrogens is 232 g/mol. The van der Waals surface area contributed by atoms with Crippen molar-refractivity contribution in [3.63, 3.8) is 0 Å². The Morgan fingerprint density at radius 1 is 1.44 bits per heavy atom. The Bertz CT molecular complexity index is 482. The molecule has 0 aromatic rings. The maximum Gasteiger partial charge on any atom is 0.374 e. The molecule has 3 fully saturated rings. The quantitative estimate of drug-likeness (QED) is 0.528. The first-order valence-electron chi connectivity index (χ1n) is 6.80. The lowest BCUT2D eigenvalue weighted by Crippen LogP contribution is -2.28. The second-order valence-corrected chi connectivity index (χ2v) is 6.53. The van der Waals surface area contributed by atoms with Crippen LogP contribution in [0, 0.1) is 11.8 Å². The Kier molecular flexibility index (Phi) is 1.76. The van der Waals surface area contributed by atoms with Gasteiger partial charge in [-0.25, -0.2) is 4.79 Å². The summed E-state index contributed by atoms with van der Waals surface area (Å²) >= 11 is 0. The number of aliphatic hydroxyl groups is 1. The van der Waals surface area contributed by atoms with Crippen molar-refractivity contribution in [2.45, 2.75) is 56.8 Å². The van der Waals surface area contributed by atoms with Gasteiger partial charge in [0.2, 0.25) is 5.76 Å². The second kappa shape index (κ2) is 2.93. The molecule has 0 bridgehead atoms. The molecule has 0 amide bonds. The van der Waals surface area contributed by atoms with E-state index < -0.39 is 5.97 Å². The molecule has 18 heavy (non-hydrogen) atoms. The highest BCUT2D eigenvalue weighted by molar-refractivity contribution is 5.89. The van der Waals surface area contributed by atoms with Gasteiger partial charge in [0.25, 0.3) is 0 Å². The molecule has 1 spiro atoms. The van der Waals surface area contributed by atoms with Gasteiger partial charge in [0, 0.05) is 12.0 Å². The molecule has 2 saturated carbocycles. The Morgan fingerprint density at radius 2 is 2.22 bits per heavy atom. The Labute approximate surface area is 106 Å². The van der Waals surface area contributed by atoms with Crippen molar-refractivity contribution in [1.29, 1.82) is 0 Å². The number of aliphatic hydroxyl groups excluding tert-OH is 1. The summed E-state index contributed by atoms with van der Waals surface area (Å²) in [7, 11) is 0. The number of carbonyl (C=O) groups is 1. The molecule has 98 valence electrons. The largest absolute Gasteiger partial charge is 0.502 e. The van der Waals surface area contributed by atoms with Gasteiger partial charge >= 0.3 is 5.97 Å². The normalized spacial score (nSPS) is 53.4. The van der Waals surface area contributed by atoms with Gasteiger partial charge in [-0.05, 0) is 38.0 Å².